The molecule has 0 bridgehead atoms. The Labute approximate surface area is 378 Å². The van der Waals surface area contributed by atoms with Crippen LogP contribution in [0.2, 0.25) is 5.02 Å². The molecule has 0 aliphatic heterocycles. The SMILES string of the molecule is Cc1ccc(F)cc1.Cc1ccc(O)cc1.Cc1cccc(Cl)c1.Cc1cccc(F)c1.Cc1cccc(O)c1.Cc1ccccc1.Cc1ccccc1F.Cc1ccccc1O. The fourth-order valence-corrected chi connectivity index (χ4v) is 4.81. The summed E-state index contributed by atoms with van der Waals surface area (Å²) < 4.78 is 36.6. The number of hydrogen-bond donors (Lipinski definition) is 3. The van der Waals surface area contributed by atoms with Gasteiger partial charge in [-0.3, -0.25) is 0 Å². The minimum absolute atomic E-state index is 0.132. The normalized spacial score (nSPS) is 9.14. The minimum atomic E-state index is -0.171. The summed E-state index contributed by atoms with van der Waals surface area (Å²) in [5.41, 5.74) is 8.46. The van der Waals surface area contributed by atoms with Crippen molar-refractivity contribution in [2.75, 3.05) is 0 Å². The molecule has 8 rings (SSSR count). The molecule has 3 nitrogen and oxygen atoms in total. The molecule has 0 aromatic heterocycles. The van der Waals surface area contributed by atoms with Crippen LogP contribution in [-0.2, 0) is 0 Å². The number of para-hydroxylation sites is 1. The lowest BCUT2D eigenvalue weighted by molar-refractivity contribution is 0.471. The number of rotatable bonds is 0. The zero-order chi connectivity index (χ0) is 47.0. The number of benzene rings is 8. The average molecular weight is 874 g/mol. The Hall–Kier alpha value is -6.76. The molecule has 0 saturated carbocycles. The van der Waals surface area contributed by atoms with Crippen molar-refractivity contribution in [3.63, 3.8) is 0 Å². The highest BCUT2D eigenvalue weighted by Gasteiger charge is 1.90. The van der Waals surface area contributed by atoms with E-state index >= 15 is 0 Å². The quantitative estimate of drug-likeness (QED) is 0.142. The van der Waals surface area contributed by atoms with Crippen molar-refractivity contribution >= 4 is 11.6 Å². The van der Waals surface area contributed by atoms with Crippen LogP contribution in [0.5, 0.6) is 17.2 Å². The van der Waals surface area contributed by atoms with E-state index in [9.17, 15) is 13.2 Å². The van der Waals surface area contributed by atoms with Crippen LogP contribution in [0.1, 0.15) is 44.5 Å². The molecular weight excluding hydrogens is 813 g/mol. The number of phenols is 3. The first-order chi connectivity index (χ1) is 29.9. The van der Waals surface area contributed by atoms with E-state index in [1.54, 1.807) is 67.6 Å². The van der Waals surface area contributed by atoms with Gasteiger partial charge in [-0.2, -0.15) is 0 Å². The van der Waals surface area contributed by atoms with Crippen LogP contribution < -0.4 is 0 Å². The summed E-state index contributed by atoms with van der Waals surface area (Å²) in [6.07, 6.45) is 0. The Kier molecular flexibility index (Phi) is 27.6. The van der Waals surface area contributed by atoms with Crippen molar-refractivity contribution in [2.45, 2.75) is 55.4 Å². The third-order valence-electron chi connectivity index (χ3n) is 8.14. The van der Waals surface area contributed by atoms with Gasteiger partial charge in [0.05, 0.1) is 0 Å². The number of aryl methyl sites for hydroxylation is 8. The summed E-state index contributed by atoms with van der Waals surface area (Å²) in [6.45, 7) is 15.4. The van der Waals surface area contributed by atoms with Gasteiger partial charge in [0.15, 0.2) is 0 Å². The number of halogens is 4. The molecule has 8 aromatic rings. The maximum Gasteiger partial charge on any atom is 0.126 e. The zero-order valence-electron chi connectivity index (χ0n) is 37.4. The first-order valence-corrected chi connectivity index (χ1v) is 20.5. The molecule has 330 valence electrons. The van der Waals surface area contributed by atoms with E-state index in [0.717, 1.165) is 27.3 Å². The molecule has 0 unspecified atom stereocenters. The predicted octanol–water partition coefficient (Wildman–Crippen LogP) is 16.1. The lowest BCUT2D eigenvalue weighted by Crippen LogP contribution is -1.76. The van der Waals surface area contributed by atoms with Gasteiger partial charge >= 0.3 is 0 Å². The van der Waals surface area contributed by atoms with Gasteiger partial charge in [0.25, 0.3) is 0 Å². The number of hydrogen-bond acceptors (Lipinski definition) is 3. The zero-order valence-corrected chi connectivity index (χ0v) is 38.2. The molecule has 0 saturated heterocycles. The Morgan fingerprint density at radius 1 is 0.317 bits per heavy atom. The smallest absolute Gasteiger partial charge is 0.126 e. The molecule has 0 amide bonds. The van der Waals surface area contributed by atoms with Gasteiger partial charge in [-0.05, 0) is 156 Å². The molecule has 0 spiro atoms. The minimum Gasteiger partial charge on any atom is -0.508 e. The molecule has 8 aromatic carbocycles. The van der Waals surface area contributed by atoms with Gasteiger partial charge < -0.3 is 15.3 Å². The number of phenolic OH excluding ortho intramolecular Hbond substituents is 3. The van der Waals surface area contributed by atoms with Crippen LogP contribution in [0, 0.1) is 72.8 Å². The molecule has 63 heavy (non-hydrogen) atoms. The molecule has 0 heterocycles. The van der Waals surface area contributed by atoms with Gasteiger partial charge in [0.2, 0.25) is 0 Å². The van der Waals surface area contributed by atoms with E-state index in [1.165, 1.54) is 47.0 Å². The molecule has 7 heteroatoms. The van der Waals surface area contributed by atoms with Gasteiger partial charge in [-0.25, -0.2) is 13.2 Å². The van der Waals surface area contributed by atoms with Crippen molar-refractivity contribution in [1.82, 2.24) is 0 Å². The Bertz CT molecular complexity index is 2080. The second kappa shape index (κ2) is 32.0. The highest BCUT2D eigenvalue weighted by Crippen LogP contribution is 2.13. The highest BCUT2D eigenvalue weighted by atomic mass is 35.5. The summed E-state index contributed by atoms with van der Waals surface area (Å²) in [5, 5.41) is 27.3. The average Bonchev–Trinajstić information content (AvgIpc) is 3.24. The summed E-state index contributed by atoms with van der Waals surface area (Å²) in [4.78, 5) is 0. The Morgan fingerprint density at radius 2 is 0.746 bits per heavy atom. The molecular formula is C56H60ClF3O3. The van der Waals surface area contributed by atoms with E-state index in [1.807, 2.05) is 139 Å². The maximum atomic E-state index is 12.3. The van der Waals surface area contributed by atoms with E-state index in [4.69, 9.17) is 26.9 Å². The fourth-order valence-electron chi connectivity index (χ4n) is 4.57. The van der Waals surface area contributed by atoms with Crippen molar-refractivity contribution < 1.29 is 28.5 Å². The van der Waals surface area contributed by atoms with E-state index in [-0.39, 0.29) is 17.5 Å². The second-order valence-corrected chi connectivity index (χ2v) is 14.7. The van der Waals surface area contributed by atoms with Gasteiger partial charge in [0, 0.05) is 5.02 Å². The molecule has 0 fully saturated rings. The summed E-state index contributed by atoms with van der Waals surface area (Å²) in [7, 11) is 0. The van der Waals surface area contributed by atoms with Crippen LogP contribution in [0.3, 0.4) is 0 Å². The van der Waals surface area contributed by atoms with Gasteiger partial charge in [-0.15, -0.1) is 0 Å². The highest BCUT2D eigenvalue weighted by molar-refractivity contribution is 6.30. The third-order valence-corrected chi connectivity index (χ3v) is 8.37. The van der Waals surface area contributed by atoms with Gasteiger partial charge in [-0.1, -0.05) is 156 Å². The first kappa shape index (κ1) is 54.3. The van der Waals surface area contributed by atoms with Crippen molar-refractivity contribution in [3.05, 3.63) is 267 Å². The molecule has 0 aliphatic carbocycles. The molecule has 0 radical (unpaired) electrons. The van der Waals surface area contributed by atoms with Crippen molar-refractivity contribution in [3.8, 4) is 17.2 Å². The van der Waals surface area contributed by atoms with Crippen molar-refractivity contribution in [1.29, 1.82) is 0 Å². The number of aromatic hydroxyl groups is 3. The Balaban J connectivity index is 0.000000360. The second-order valence-electron chi connectivity index (χ2n) is 14.3. The summed E-state index contributed by atoms with van der Waals surface area (Å²) >= 11 is 5.64. The molecule has 0 aliphatic rings. The Morgan fingerprint density at radius 3 is 1.05 bits per heavy atom. The topological polar surface area (TPSA) is 60.7 Å². The van der Waals surface area contributed by atoms with Crippen LogP contribution in [0.15, 0.2) is 200 Å². The predicted molar refractivity (Wildman–Crippen MR) is 259 cm³/mol. The lowest BCUT2D eigenvalue weighted by Gasteiger charge is -1.92. The molecule has 3 N–H and O–H groups in total. The van der Waals surface area contributed by atoms with E-state index in [2.05, 4.69) is 19.1 Å². The standard InChI is InChI=1S/C7H7Cl.3C7H7F.3C7H8O.C7H8/c1-6-3-2-4-7(8)5-6;1-6-2-4-7(8)5-3-6;1-6-3-2-4-7(8)5-6;1-6-4-2-3-5-7(6)8;1-6-2-4-7(8)5-3-6;1-6-3-2-4-7(8)5-6;1-6-4-2-3-5-7(6)8;1-7-5-3-2-4-6-7/h4*2-5H,1H3;3*2-5,8H,1H3;2-6H,1H3. The first-order valence-electron chi connectivity index (χ1n) is 20.1. The van der Waals surface area contributed by atoms with Crippen LogP contribution >= 0.6 is 11.6 Å². The third kappa shape index (κ3) is 29.2. The van der Waals surface area contributed by atoms with E-state index in [0.29, 0.717) is 22.8 Å². The summed E-state index contributed by atoms with van der Waals surface area (Å²) in [5.74, 6) is 0.571. The largest absolute Gasteiger partial charge is 0.508 e. The van der Waals surface area contributed by atoms with E-state index < -0.39 is 0 Å². The summed E-state index contributed by atoms with van der Waals surface area (Å²) in [6, 6.07) is 59.1. The van der Waals surface area contributed by atoms with Gasteiger partial charge in [0.1, 0.15) is 34.7 Å². The lowest BCUT2D eigenvalue weighted by atomic mass is 10.2. The molecule has 0 atom stereocenters. The maximum absolute atomic E-state index is 12.3. The van der Waals surface area contributed by atoms with Crippen LogP contribution in [-0.4, -0.2) is 15.3 Å². The fraction of sp³-hybridized carbons (Fsp3) is 0.143. The monoisotopic (exact) mass is 872 g/mol. The van der Waals surface area contributed by atoms with Crippen LogP contribution in [0.4, 0.5) is 13.2 Å². The van der Waals surface area contributed by atoms with Crippen LogP contribution in [0.25, 0.3) is 0 Å². The van der Waals surface area contributed by atoms with Crippen molar-refractivity contribution in [2.24, 2.45) is 0 Å².